The van der Waals surface area contributed by atoms with Crippen LogP contribution in [0.25, 0.3) is 0 Å². The van der Waals surface area contributed by atoms with E-state index in [1.54, 1.807) is 12.1 Å². The fraction of sp³-hybridized carbons (Fsp3) is 0.500. The molecule has 1 aromatic carbocycles. The van der Waals surface area contributed by atoms with Crippen LogP contribution in [0.5, 0.6) is 0 Å². The summed E-state index contributed by atoms with van der Waals surface area (Å²) in [6, 6.07) is 11.5. The van der Waals surface area contributed by atoms with Crippen molar-refractivity contribution in [1.82, 2.24) is 9.80 Å². The highest BCUT2D eigenvalue weighted by atomic mass is 35.5. The lowest BCUT2D eigenvalue weighted by Gasteiger charge is -2.35. The number of carbonyl (C=O) groups is 1. The van der Waals surface area contributed by atoms with Gasteiger partial charge in [-0.15, -0.1) is 0 Å². The van der Waals surface area contributed by atoms with E-state index in [-0.39, 0.29) is 11.8 Å². The first-order valence-electron chi connectivity index (χ1n) is 8.38. The Morgan fingerprint density at radius 3 is 2.52 bits per heavy atom. The van der Waals surface area contributed by atoms with Gasteiger partial charge in [0.1, 0.15) is 0 Å². The van der Waals surface area contributed by atoms with E-state index in [4.69, 9.17) is 22.1 Å². The number of hydrogen-bond acceptors (Lipinski definition) is 5. The topological polar surface area (TPSA) is 83.2 Å². The monoisotopic (exact) mass is 359 g/mol. The second-order valence-corrected chi connectivity index (χ2v) is 6.53. The maximum Gasteiger partial charge on any atom is 0.238 e. The molecule has 1 unspecified atom stereocenters. The molecule has 1 atom stereocenters. The molecule has 0 aromatic heterocycles. The first-order valence-corrected chi connectivity index (χ1v) is 8.76. The third-order valence-electron chi connectivity index (χ3n) is 4.25. The number of benzene rings is 1. The average molecular weight is 360 g/mol. The van der Waals surface area contributed by atoms with Crippen LogP contribution in [0.3, 0.4) is 0 Å². The van der Waals surface area contributed by atoms with Crippen molar-refractivity contribution in [2.45, 2.75) is 12.8 Å². The Balaban J connectivity index is 1.73. The van der Waals surface area contributed by atoms with Crippen LogP contribution in [0.4, 0.5) is 5.69 Å². The predicted molar refractivity (Wildman–Crippen MR) is 96.9 cm³/mol. The van der Waals surface area contributed by atoms with Crippen molar-refractivity contribution in [2.24, 2.45) is 5.92 Å². The van der Waals surface area contributed by atoms with Crippen LogP contribution in [-0.4, -0.2) is 55.0 Å². The second-order valence-electron chi connectivity index (χ2n) is 6.13. The number of para-hydroxylation sites is 1. The molecule has 0 saturated carbocycles. The molecule has 0 radical (unpaired) electrons. The first kappa shape index (κ1) is 19.2. The Morgan fingerprint density at radius 2 is 1.88 bits per heavy atom. The smallest absolute Gasteiger partial charge is 0.238 e. The van der Waals surface area contributed by atoms with Gasteiger partial charge in [-0.25, -0.2) is 0 Å². The quantitative estimate of drug-likeness (QED) is 0.807. The third kappa shape index (κ3) is 6.36. The molecule has 1 aromatic rings. The molecule has 6 nitrogen and oxygen atoms in total. The number of rotatable bonds is 7. The van der Waals surface area contributed by atoms with Gasteiger partial charge in [0.25, 0.3) is 0 Å². The zero-order chi connectivity index (χ0) is 18.1. The van der Waals surface area contributed by atoms with Crippen LogP contribution >= 0.6 is 11.6 Å². The van der Waals surface area contributed by atoms with Crippen LogP contribution in [-0.2, 0) is 4.79 Å². The first-order chi connectivity index (χ1) is 12.1. The number of piperazine rings is 1. The van der Waals surface area contributed by atoms with E-state index in [0.29, 0.717) is 36.6 Å². The van der Waals surface area contributed by atoms with E-state index >= 15 is 0 Å². The lowest BCUT2D eigenvalue weighted by Crippen LogP contribution is -2.49. The van der Waals surface area contributed by atoms with Gasteiger partial charge in [0.05, 0.1) is 35.3 Å². The molecule has 1 amide bonds. The summed E-state index contributed by atoms with van der Waals surface area (Å²) in [4.78, 5) is 16.5. The molecule has 1 heterocycles. The Hall–Kier alpha value is -2.12. The summed E-state index contributed by atoms with van der Waals surface area (Å²) >= 11 is 6.05. The van der Waals surface area contributed by atoms with Gasteiger partial charge in [0, 0.05) is 39.1 Å². The second kappa shape index (κ2) is 10.0. The third-order valence-corrected chi connectivity index (χ3v) is 4.58. The Bertz CT molecular complexity index is 658. The van der Waals surface area contributed by atoms with Crippen molar-refractivity contribution in [2.75, 3.05) is 44.6 Å². The molecule has 132 valence electrons. The minimum Gasteiger partial charge on any atom is -0.324 e. The lowest BCUT2D eigenvalue weighted by atomic mass is 10.0. The fourth-order valence-electron chi connectivity index (χ4n) is 2.83. The highest BCUT2D eigenvalue weighted by Crippen LogP contribution is 2.20. The number of nitrogens with zero attached hydrogens (tertiary/aromatic N) is 4. The van der Waals surface area contributed by atoms with Crippen molar-refractivity contribution in [3.63, 3.8) is 0 Å². The largest absolute Gasteiger partial charge is 0.324 e. The average Bonchev–Trinajstić information content (AvgIpc) is 2.62. The van der Waals surface area contributed by atoms with E-state index in [1.807, 2.05) is 12.1 Å². The van der Waals surface area contributed by atoms with Gasteiger partial charge in [-0.05, 0) is 18.6 Å². The molecule has 25 heavy (non-hydrogen) atoms. The molecule has 1 fully saturated rings. The number of nitrogens with one attached hydrogen (secondary N) is 1. The summed E-state index contributed by atoms with van der Waals surface area (Å²) in [7, 11) is 0. The van der Waals surface area contributed by atoms with E-state index in [9.17, 15) is 4.79 Å². The zero-order valence-electron chi connectivity index (χ0n) is 14.1. The Labute approximate surface area is 153 Å². The summed E-state index contributed by atoms with van der Waals surface area (Å²) in [5.41, 5.74) is 0.627. The molecular weight excluding hydrogens is 338 g/mol. The molecule has 0 spiro atoms. The summed E-state index contributed by atoms with van der Waals surface area (Å²) < 4.78 is 0. The molecule has 2 rings (SSSR count). The van der Waals surface area contributed by atoms with E-state index in [0.717, 1.165) is 26.2 Å². The number of amides is 1. The van der Waals surface area contributed by atoms with Gasteiger partial charge in [-0.3, -0.25) is 14.6 Å². The van der Waals surface area contributed by atoms with Gasteiger partial charge >= 0.3 is 0 Å². The summed E-state index contributed by atoms with van der Waals surface area (Å²) in [6.07, 6.45) is 1.04. The lowest BCUT2D eigenvalue weighted by molar-refractivity contribution is -0.117. The molecule has 0 bridgehead atoms. The van der Waals surface area contributed by atoms with Gasteiger partial charge in [-0.1, -0.05) is 23.7 Å². The van der Waals surface area contributed by atoms with E-state index in [2.05, 4.69) is 27.3 Å². The van der Waals surface area contributed by atoms with Crippen molar-refractivity contribution in [3.8, 4) is 12.1 Å². The fourth-order valence-corrected chi connectivity index (χ4v) is 3.02. The van der Waals surface area contributed by atoms with Gasteiger partial charge < -0.3 is 5.32 Å². The van der Waals surface area contributed by atoms with Gasteiger partial charge in [0.2, 0.25) is 5.91 Å². The highest BCUT2D eigenvalue weighted by molar-refractivity contribution is 6.33. The van der Waals surface area contributed by atoms with Crippen LogP contribution in [0.2, 0.25) is 5.02 Å². The number of carbonyl (C=O) groups excluding carboxylic acids is 1. The van der Waals surface area contributed by atoms with Crippen LogP contribution in [0.1, 0.15) is 12.8 Å². The number of hydrogen-bond donors (Lipinski definition) is 1. The normalized spacial score (nSPS) is 16.6. The molecule has 7 heteroatoms. The minimum absolute atomic E-state index is 0.0783. The summed E-state index contributed by atoms with van der Waals surface area (Å²) in [6.45, 7) is 4.24. The summed E-state index contributed by atoms with van der Waals surface area (Å²) in [5.74, 6) is -0.180. The molecule has 1 N–H and O–H groups in total. The van der Waals surface area contributed by atoms with Crippen LogP contribution in [0, 0.1) is 28.6 Å². The predicted octanol–water partition coefficient (Wildman–Crippen LogP) is 2.34. The molecular formula is C18H22ClN5O. The highest BCUT2D eigenvalue weighted by Gasteiger charge is 2.21. The number of nitriles is 2. The maximum atomic E-state index is 12.2. The minimum atomic E-state index is -0.102. The van der Waals surface area contributed by atoms with Crippen molar-refractivity contribution in [3.05, 3.63) is 29.3 Å². The molecule has 1 saturated heterocycles. The Kier molecular flexibility index (Phi) is 7.69. The van der Waals surface area contributed by atoms with Gasteiger partial charge in [0.15, 0.2) is 0 Å². The molecule has 0 aliphatic carbocycles. The number of anilines is 1. The SMILES string of the molecule is N#CCCC(C#N)CN1CCN(CC(=O)Nc2ccccc2Cl)CC1. The van der Waals surface area contributed by atoms with Gasteiger partial charge in [-0.2, -0.15) is 10.5 Å². The number of halogens is 1. The van der Waals surface area contributed by atoms with E-state index < -0.39 is 0 Å². The van der Waals surface area contributed by atoms with Crippen molar-refractivity contribution in [1.29, 1.82) is 10.5 Å². The van der Waals surface area contributed by atoms with Crippen LogP contribution < -0.4 is 5.32 Å². The van der Waals surface area contributed by atoms with Crippen LogP contribution in [0.15, 0.2) is 24.3 Å². The summed E-state index contributed by atoms with van der Waals surface area (Å²) in [5, 5.41) is 21.2. The zero-order valence-corrected chi connectivity index (χ0v) is 14.9. The standard InChI is InChI=1S/C18H22ClN5O/c19-16-5-1-2-6-17(16)22-18(25)14-24-10-8-23(9-11-24)13-15(12-21)4-3-7-20/h1-2,5-6,15H,3-4,8-11,13-14H2,(H,22,25). The maximum absolute atomic E-state index is 12.2. The molecule has 1 aliphatic rings. The van der Waals surface area contributed by atoms with E-state index in [1.165, 1.54) is 0 Å². The molecule has 1 aliphatic heterocycles. The Morgan fingerprint density at radius 1 is 1.20 bits per heavy atom. The van der Waals surface area contributed by atoms with Crippen molar-refractivity contribution >= 4 is 23.2 Å². The van der Waals surface area contributed by atoms with Crippen molar-refractivity contribution < 1.29 is 4.79 Å².